The van der Waals surface area contributed by atoms with E-state index in [1.54, 1.807) is 14.2 Å². The van der Waals surface area contributed by atoms with E-state index in [0.717, 1.165) is 0 Å². The number of ether oxygens (including phenoxy) is 2. The summed E-state index contributed by atoms with van der Waals surface area (Å²) in [5.74, 6) is -0.915. The molecule has 0 aromatic rings. The summed E-state index contributed by atoms with van der Waals surface area (Å²) in [4.78, 5) is 24.1. The zero-order chi connectivity index (χ0) is 13.3. The van der Waals surface area contributed by atoms with Crippen molar-refractivity contribution in [2.24, 2.45) is 11.5 Å². The number of primary amides is 1. The maximum Gasteiger partial charge on any atom is 0.240 e. The van der Waals surface area contributed by atoms with E-state index >= 15 is 0 Å². The zero-order valence-corrected chi connectivity index (χ0v) is 10.3. The van der Waals surface area contributed by atoms with Crippen molar-refractivity contribution < 1.29 is 19.1 Å². The van der Waals surface area contributed by atoms with E-state index in [0.29, 0.717) is 26.3 Å². The van der Waals surface area contributed by atoms with E-state index < -0.39 is 11.9 Å². The molecule has 0 rings (SSSR count). The largest absolute Gasteiger partial charge is 0.383 e. The monoisotopic (exact) mass is 247 g/mol. The van der Waals surface area contributed by atoms with Crippen LogP contribution >= 0.6 is 0 Å². The van der Waals surface area contributed by atoms with Gasteiger partial charge in [0, 0.05) is 27.3 Å². The van der Waals surface area contributed by atoms with Crippen molar-refractivity contribution in [2.75, 3.05) is 40.5 Å². The first-order valence-corrected chi connectivity index (χ1v) is 5.33. The molecule has 0 fully saturated rings. The molecule has 0 aliphatic carbocycles. The molecule has 0 aliphatic rings. The first-order chi connectivity index (χ1) is 8.02. The van der Waals surface area contributed by atoms with Crippen LogP contribution < -0.4 is 11.5 Å². The quantitative estimate of drug-likeness (QED) is 0.505. The van der Waals surface area contributed by atoms with Gasteiger partial charge in [-0.25, -0.2) is 0 Å². The van der Waals surface area contributed by atoms with Gasteiger partial charge >= 0.3 is 0 Å². The Bertz CT molecular complexity index is 240. The third kappa shape index (κ3) is 6.88. The fourth-order valence-corrected chi connectivity index (χ4v) is 1.27. The summed E-state index contributed by atoms with van der Waals surface area (Å²) in [7, 11) is 3.09. The maximum absolute atomic E-state index is 11.9. The SMILES string of the molecule is COCCN(CCOC)C(=O)C(N)CC(N)=O. The van der Waals surface area contributed by atoms with Crippen molar-refractivity contribution >= 4 is 11.8 Å². The van der Waals surface area contributed by atoms with Crippen LogP contribution in [0.1, 0.15) is 6.42 Å². The molecule has 0 heterocycles. The predicted octanol–water partition coefficient (Wildman–Crippen LogP) is -1.69. The molecule has 1 unspecified atom stereocenters. The van der Waals surface area contributed by atoms with Crippen LogP contribution in [0.3, 0.4) is 0 Å². The summed E-state index contributed by atoms with van der Waals surface area (Å²) in [6, 6.07) is -0.902. The number of rotatable bonds is 9. The van der Waals surface area contributed by atoms with Crippen LogP contribution in [0.4, 0.5) is 0 Å². The van der Waals surface area contributed by atoms with E-state index in [9.17, 15) is 9.59 Å². The van der Waals surface area contributed by atoms with Crippen LogP contribution in [-0.4, -0.2) is 63.3 Å². The molecule has 0 saturated carbocycles. The van der Waals surface area contributed by atoms with Gasteiger partial charge in [0.15, 0.2) is 0 Å². The summed E-state index contributed by atoms with van der Waals surface area (Å²) in [5, 5.41) is 0. The normalized spacial score (nSPS) is 12.2. The second-order valence-electron chi connectivity index (χ2n) is 3.59. The van der Waals surface area contributed by atoms with Crippen LogP contribution in [-0.2, 0) is 19.1 Å². The Labute approximate surface area is 101 Å². The summed E-state index contributed by atoms with van der Waals surface area (Å²) in [6.45, 7) is 1.62. The van der Waals surface area contributed by atoms with Crippen molar-refractivity contribution in [2.45, 2.75) is 12.5 Å². The number of methoxy groups -OCH3 is 2. The van der Waals surface area contributed by atoms with E-state index in [-0.39, 0.29) is 12.3 Å². The van der Waals surface area contributed by atoms with Crippen LogP contribution in [0, 0.1) is 0 Å². The number of carbonyl (C=O) groups excluding carboxylic acids is 2. The molecule has 1 atom stereocenters. The van der Waals surface area contributed by atoms with Crippen molar-refractivity contribution in [3.05, 3.63) is 0 Å². The molecular formula is C10H21N3O4. The highest BCUT2D eigenvalue weighted by Crippen LogP contribution is 1.98. The molecule has 17 heavy (non-hydrogen) atoms. The van der Waals surface area contributed by atoms with Gasteiger partial charge in [-0.2, -0.15) is 0 Å². The van der Waals surface area contributed by atoms with Crippen LogP contribution in [0.25, 0.3) is 0 Å². The number of carbonyl (C=O) groups is 2. The van der Waals surface area contributed by atoms with Gasteiger partial charge in [-0.3, -0.25) is 9.59 Å². The lowest BCUT2D eigenvalue weighted by Crippen LogP contribution is -2.47. The topological polar surface area (TPSA) is 108 Å². The van der Waals surface area contributed by atoms with Crippen LogP contribution in [0.15, 0.2) is 0 Å². The van der Waals surface area contributed by atoms with E-state index in [1.165, 1.54) is 4.90 Å². The minimum absolute atomic E-state index is 0.157. The number of hydrogen-bond donors (Lipinski definition) is 2. The molecule has 100 valence electrons. The minimum Gasteiger partial charge on any atom is -0.383 e. The molecule has 0 bridgehead atoms. The summed E-state index contributed by atoms with van der Waals surface area (Å²) in [6.07, 6.45) is -0.157. The highest BCUT2D eigenvalue weighted by atomic mass is 16.5. The van der Waals surface area contributed by atoms with E-state index in [4.69, 9.17) is 20.9 Å². The van der Waals surface area contributed by atoms with Gasteiger partial charge in [-0.15, -0.1) is 0 Å². The summed E-state index contributed by atoms with van der Waals surface area (Å²) < 4.78 is 9.79. The van der Waals surface area contributed by atoms with Crippen molar-refractivity contribution in [3.63, 3.8) is 0 Å². The molecule has 7 nitrogen and oxygen atoms in total. The lowest BCUT2D eigenvalue weighted by atomic mass is 10.2. The lowest BCUT2D eigenvalue weighted by molar-refractivity contribution is -0.135. The van der Waals surface area contributed by atoms with Gasteiger partial charge in [-0.05, 0) is 0 Å². The molecule has 7 heteroatoms. The Kier molecular flexibility index (Phi) is 8.29. The Morgan fingerprint density at radius 2 is 1.65 bits per heavy atom. The molecule has 0 radical (unpaired) electrons. The molecular weight excluding hydrogens is 226 g/mol. The molecule has 4 N–H and O–H groups in total. The first-order valence-electron chi connectivity index (χ1n) is 5.33. The third-order valence-corrected chi connectivity index (χ3v) is 2.18. The minimum atomic E-state index is -0.902. The summed E-state index contributed by atoms with van der Waals surface area (Å²) in [5.41, 5.74) is 10.6. The number of nitrogens with zero attached hydrogens (tertiary/aromatic N) is 1. The summed E-state index contributed by atoms with van der Waals surface area (Å²) >= 11 is 0. The average Bonchev–Trinajstić information content (AvgIpc) is 2.27. The predicted molar refractivity (Wildman–Crippen MR) is 62.1 cm³/mol. The Balaban J connectivity index is 4.32. The zero-order valence-electron chi connectivity index (χ0n) is 10.3. The van der Waals surface area contributed by atoms with Gasteiger partial charge in [0.05, 0.1) is 25.7 Å². The fraction of sp³-hybridized carbons (Fsp3) is 0.800. The third-order valence-electron chi connectivity index (χ3n) is 2.18. The maximum atomic E-state index is 11.9. The second kappa shape index (κ2) is 8.91. The first kappa shape index (κ1) is 15.8. The van der Waals surface area contributed by atoms with Gasteiger partial charge in [0.25, 0.3) is 0 Å². The number of nitrogens with two attached hydrogens (primary N) is 2. The molecule has 0 spiro atoms. The van der Waals surface area contributed by atoms with Crippen LogP contribution in [0.2, 0.25) is 0 Å². The second-order valence-corrected chi connectivity index (χ2v) is 3.59. The van der Waals surface area contributed by atoms with Gasteiger partial charge in [0.1, 0.15) is 0 Å². The molecule has 2 amide bonds. The fourth-order valence-electron chi connectivity index (χ4n) is 1.27. The Morgan fingerprint density at radius 3 is 2.00 bits per heavy atom. The van der Waals surface area contributed by atoms with E-state index in [1.807, 2.05) is 0 Å². The van der Waals surface area contributed by atoms with Crippen molar-refractivity contribution in [1.82, 2.24) is 4.90 Å². The highest BCUT2D eigenvalue weighted by Gasteiger charge is 2.22. The number of amides is 2. The smallest absolute Gasteiger partial charge is 0.240 e. The standard InChI is InChI=1S/C10H21N3O4/c1-16-5-3-13(4-6-17-2)10(15)8(11)7-9(12)14/h8H,3-7,11H2,1-2H3,(H2,12,14). The highest BCUT2D eigenvalue weighted by molar-refractivity contribution is 5.87. The molecule has 0 aromatic carbocycles. The average molecular weight is 247 g/mol. The van der Waals surface area contributed by atoms with Gasteiger partial charge in [0.2, 0.25) is 11.8 Å². The van der Waals surface area contributed by atoms with Crippen LogP contribution in [0.5, 0.6) is 0 Å². The van der Waals surface area contributed by atoms with Crippen molar-refractivity contribution in [3.8, 4) is 0 Å². The van der Waals surface area contributed by atoms with E-state index in [2.05, 4.69) is 0 Å². The molecule has 0 saturated heterocycles. The molecule has 0 aliphatic heterocycles. The lowest BCUT2D eigenvalue weighted by Gasteiger charge is -2.24. The number of hydrogen-bond acceptors (Lipinski definition) is 5. The molecule has 0 aromatic heterocycles. The van der Waals surface area contributed by atoms with Crippen molar-refractivity contribution in [1.29, 1.82) is 0 Å². The van der Waals surface area contributed by atoms with Gasteiger partial charge in [-0.1, -0.05) is 0 Å². The van der Waals surface area contributed by atoms with Gasteiger partial charge < -0.3 is 25.8 Å². The Hall–Kier alpha value is -1.18. The Morgan fingerprint density at radius 1 is 1.18 bits per heavy atom.